The van der Waals surface area contributed by atoms with Crippen molar-refractivity contribution in [2.24, 2.45) is 0 Å². The van der Waals surface area contributed by atoms with Gasteiger partial charge in [-0.25, -0.2) is 8.78 Å². The van der Waals surface area contributed by atoms with E-state index in [-0.39, 0.29) is 23.6 Å². The van der Waals surface area contributed by atoms with Crippen LogP contribution in [0.25, 0.3) is 0 Å². The summed E-state index contributed by atoms with van der Waals surface area (Å²) < 4.78 is 26.1. The summed E-state index contributed by atoms with van der Waals surface area (Å²) in [6.07, 6.45) is -1.21. The van der Waals surface area contributed by atoms with E-state index in [0.29, 0.717) is 12.1 Å². The summed E-state index contributed by atoms with van der Waals surface area (Å²) >= 11 is 0. The molecular formula is C19H21F2NO2. The molecule has 1 atom stereocenters. The maximum atomic E-state index is 13.1. The molecule has 2 rings (SSSR count). The highest BCUT2D eigenvalue weighted by molar-refractivity contribution is 5.76. The van der Waals surface area contributed by atoms with Gasteiger partial charge in [0.1, 0.15) is 11.6 Å². The van der Waals surface area contributed by atoms with E-state index in [2.05, 4.69) is 5.32 Å². The van der Waals surface area contributed by atoms with E-state index in [1.54, 1.807) is 18.2 Å². The number of hydrogen-bond acceptors (Lipinski definition) is 2. The maximum Gasteiger partial charge on any atom is 0.222 e. The first-order chi connectivity index (χ1) is 11.3. The van der Waals surface area contributed by atoms with Crippen LogP contribution < -0.4 is 5.32 Å². The molecule has 5 heteroatoms. The Morgan fingerprint density at radius 3 is 2.42 bits per heavy atom. The Bertz CT molecular complexity index is 699. The molecule has 24 heavy (non-hydrogen) atoms. The van der Waals surface area contributed by atoms with Gasteiger partial charge in [-0.1, -0.05) is 38.1 Å². The summed E-state index contributed by atoms with van der Waals surface area (Å²) in [6, 6.07) is 11.7. The van der Waals surface area contributed by atoms with Crippen molar-refractivity contribution >= 4 is 5.91 Å². The normalized spacial score (nSPS) is 12.7. The Hall–Kier alpha value is -2.27. The van der Waals surface area contributed by atoms with Gasteiger partial charge in [0.2, 0.25) is 5.91 Å². The van der Waals surface area contributed by atoms with E-state index in [1.807, 2.05) is 13.8 Å². The third-order valence-corrected chi connectivity index (χ3v) is 3.97. The van der Waals surface area contributed by atoms with E-state index in [1.165, 1.54) is 30.3 Å². The number of hydrogen-bond donors (Lipinski definition) is 2. The van der Waals surface area contributed by atoms with Crippen molar-refractivity contribution in [3.8, 4) is 0 Å². The molecule has 0 aromatic heterocycles. The second kappa shape index (κ2) is 7.53. The minimum atomic E-state index is -1.06. The fourth-order valence-corrected chi connectivity index (χ4v) is 2.40. The van der Waals surface area contributed by atoms with Crippen LogP contribution in [0.1, 0.15) is 37.5 Å². The summed E-state index contributed by atoms with van der Waals surface area (Å²) in [5, 5.41) is 12.8. The van der Waals surface area contributed by atoms with Gasteiger partial charge in [0.05, 0.1) is 12.5 Å². The zero-order chi connectivity index (χ0) is 17.7. The van der Waals surface area contributed by atoms with Crippen molar-refractivity contribution < 1.29 is 18.7 Å². The third-order valence-electron chi connectivity index (χ3n) is 3.97. The van der Waals surface area contributed by atoms with Gasteiger partial charge in [0.25, 0.3) is 0 Å². The second-order valence-electron chi connectivity index (χ2n) is 6.44. The van der Waals surface area contributed by atoms with Gasteiger partial charge >= 0.3 is 0 Å². The van der Waals surface area contributed by atoms with Crippen LogP contribution in [0.3, 0.4) is 0 Å². The van der Waals surface area contributed by atoms with E-state index in [9.17, 15) is 18.7 Å². The highest BCUT2D eigenvalue weighted by Crippen LogP contribution is 2.23. The van der Waals surface area contributed by atoms with Crippen molar-refractivity contribution in [3.05, 3.63) is 71.3 Å². The number of benzene rings is 2. The lowest BCUT2D eigenvalue weighted by Gasteiger charge is -2.26. The summed E-state index contributed by atoms with van der Waals surface area (Å²) in [4.78, 5) is 12.0. The average molecular weight is 333 g/mol. The summed E-state index contributed by atoms with van der Waals surface area (Å²) in [5.41, 5.74) is 0.880. The Morgan fingerprint density at radius 1 is 1.12 bits per heavy atom. The number of rotatable bonds is 6. The first kappa shape index (κ1) is 18.1. The van der Waals surface area contributed by atoms with E-state index in [4.69, 9.17) is 0 Å². The van der Waals surface area contributed by atoms with Gasteiger partial charge in [-0.15, -0.1) is 0 Å². The van der Waals surface area contributed by atoms with Crippen LogP contribution in [0.15, 0.2) is 48.5 Å². The van der Waals surface area contributed by atoms with Gasteiger partial charge in [0.15, 0.2) is 0 Å². The number of aliphatic hydroxyl groups excluding tert-OH is 1. The second-order valence-corrected chi connectivity index (χ2v) is 6.44. The molecule has 2 aromatic rings. The van der Waals surface area contributed by atoms with Crippen molar-refractivity contribution in [2.45, 2.75) is 31.8 Å². The van der Waals surface area contributed by atoms with E-state index < -0.39 is 11.9 Å². The van der Waals surface area contributed by atoms with Crippen LogP contribution in [0.2, 0.25) is 0 Å². The van der Waals surface area contributed by atoms with Gasteiger partial charge in [-0.2, -0.15) is 0 Å². The topological polar surface area (TPSA) is 49.3 Å². The highest BCUT2D eigenvalue weighted by Gasteiger charge is 2.22. The van der Waals surface area contributed by atoms with Crippen LogP contribution in [-0.4, -0.2) is 17.6 Å². The SMILES string of the molecule is CC(C)(CNC(=O)CC(O)c1cccc(F)c1)c1ccc(F)cc1. The average Bonchev–Trinajstić information content (AvgIpc) is 2.53. The monoisotopic (exact) mass is 333 g/mol. The van der Waals surface area contributed by atoms with Gasteiger partial charge < -0.3 is 10.4 Å². The minimum absolute atomic E-state index is 0.150. The summed E-state index contributed by atoms with van der Waals surface area (Å²) in [6.45, 7) is 4.21. The van der Waals surface area contributed by atoms with Crippen molar-refractivity contribution in [2.75, 3.05) is 6.54 Å². The molecule has 0 spiro atoms. The molecule has 0 aliphatic carbocycles. The molecule has 0 fully saturated rings. The summed E-state index contributed by atoms with van der Waals surface area (Å²) in [7, 11) is 0. The molecule has 128 valence electrons. The molecule has 1 amide bonds. The van der Waals surface area contributed by atoms with E-state index >= 15 is 0 Å². The molecule has 1 unspecified atom stereocenters. The molecule has 0 aliphatic heterocycles. The third kappa shape index (κ3) is 4.86. The maximum absolute atomic E-state index is 13.1. The molecule has 0 heterocycles. The largest absolute Gasteiger partial charge is 0.388 e. The molecule has 0 bridgehead atoms. The molecule has 0 saturated carbocycles. The molecule has 0 radical (unpaired) electrons. The smallest absolute Gasteiger partial charge is 0.222 e. The van der Waals surface area contributed by atoms with Crippen LogP contribution in [0.5, 0.6) is 0 Å². The van der Waals surface area contributed by atoms with Crippen molar-refractivity contribution in [1.29, 1.82) is 0 Å². The quantitative estimate of drug-likeness (QED) is 0.850. The number of carbonyl (C=O) groups is 1. The standard InChI is InChI=1S/C19H21F2NO2/c1-19(2,14-6-8-15(20)9-7-14)12-22-18(24)11-17(23)13-4-3-5-16(21)10-13/h3-10,17,23H,11-12H2,1-2H3,(H,22,24). The van der Waals surface area contributed by atoms with Gasteiger partial charge in [-0.05, 0) is 35.4 Å². The lowest BCUT2D eigenvalue weighted by molar-refractivity contribution is -0.123. The van der Waals surface area contributed by atoms with Crippen molar-refractivity contribution in [3.63, 3.8) is 0 Å². The molecule has 0 saturated heterocycles. The highest BCUT2D eigenvalue weighted by atomic mass is 19.1. The van der Waals surface area contributed by atoms with Crippen LogP contribution in [-0.2, 0) is 10.2 Å². The summed E-state index contributed by atoms with van der Waals surface area (Å²) in [5.74, 6) is -1.09. The molecule has 2 aromatic carbocycles. The number of nitrogens with one attached hydrogen (secondary N) is 1. The number of carbonyl (C=O) groups excluding carboxylic acids is 1. The zero-order valence-corrected chi connectivity index (χ0v) is 13.7. The molecule has 3 nitrogen and oxygen atoms in total. The zero-order valence-electron chi connectivity index (χ0n) is 13.7. The first-order valence-electron chi connectivity index (χ1n) is 7.74. The Kier molecular flexibility index (Phi) is 5.67. The first-order valence-corrected chi connectivity index (χ1v) is 7.74. The fraction of sp³-hybridized carbons (Fsp3) is 0.316. The molecular weight excluding hydrogens is 312 g/mol. The van der Waals surface area contributed by atoms with Crippen LogP contribution >= 0.6 is 0 Å². The number of halogens is 2. The van der Waals surface area contributed by atoms with Crippen molar-refractivity contribution in [1.82, 2.24) is 5.32 Å². The van der Waals surface area contributed by atoms with E-state index in [0.717, 1.165) is 5.56 Å². The molecule has 2 N–H and O–H groups in total. The Labute approximate surface area is 140 Å². The number of amides is 1. The molecule has 0 aliphatic rings. The lowest BCUT2D eigenvalue weighted by atomic mass is 9.84. The van der Waals surface area contributed by atoms with Crippen LogP contribution in [0.4, 0.5) is 8.78 Å². The predicted octanol–water partition coefficient (Wildman–Crippen LogP) is 3.48. The van der Waals surface area contributed by atoms with Gasteiger partial charge in [0, 0.05) is 12.0 Å². The predicted molar refractivity (Wildman–Crippen MR) is 88.4 cm³/mol. The Morgan fingerprint density at radius 2 is 1.79 bits per heavy atom. The fourth-order valence-electron chi connectivity index (χ4n) is 2.40. The Balaban J connectivity index is 1.91. The number of aliphatic hydroxyl groups is 1. The van der Waals surface area contributed by atoms with Gasteiger partial charge in [-0.3, -0.25) is 4.79 Å². The minimum Gasteiger partial charge on any atom is -0.388 e. The van der Waals surface area contributed by atoms with Crippen LogP contribution in [0, 0.1) is 11.6 Å². The lowest BCUT2D eigenvalue weighted by Crippen LogP contribution is -2.37.